The number of hydrogen-bond acceptors (Lipinski definition) is 12. The lowest BCUT2D eigenvalue weighted by Crippen LogP contribution is -2.58. The average molecular weight is 525 g/mol. The normalized spacial score (nSPS) is 34.5. The van der Waals surface area contributed by atoms with Crippen LogP contribution >= 0.6 is 0 Å². The summed E-state index contributed by atoms with van der Waals surface area (Å²) in [5.41, 5.74) is -0.816. The van der Waals surface area contributed by atoms with E-state index < -0.39 is 54.8 Å². The Morgan fingerprint density at radius 2 is 1.86 bits per heavy atom. The van der Waals surface area contributed by atoms with Gasteiger partial charge in [0.25, 0.3) is 0 Å². The largest absolute Gasteiger partial charge is 0.504 e. The lowest BCUT2D eigenvalue weighted by atomic mass is 9.69. The van der Waals surface area contributed by atoms with Crippen molar-refractivity contribution in [2.24, 2.45) is 11.3 Å². The Labute approximate surface area is 212 Å². The number of phenols is 2. The molecule has 2 aliphatic rings. The number of carbonyl (C=O) groups is 2. The van der Waals surface area contributed by atoms with Crippen molar-refractivity contribution in [3.05, 3.63) is 42.2 Å². The van der Waals surface area contributed by atoms with Crippen molar-refractivity contribution >= 4 is 18.3 Å². The van der Waals surface area contributed by atoms with Crippen molar-refractivity contribution in [3.63, 3.8) is 0 Å². The molecule has 2 fully saturated rings. The van der Waals surface area contributed by atoms with Crippen molar-refractivity contribution in [2.75, 3.05) is 13.2 Å². The third-order valence-corrected chi connectivity index (χ3v) is 6.69. The minimum atomic E-state index is -1.61. The number of benzene rings is 1. The number of aldehydes is 1. The van der Waals surface area contributed by atoms with Crippen molar-refractivity contribution in [1.82, 2.24) is 0 Å². The summed E-state index contributed by atoms with van der Waals surface area (Å²) in [7, 11) is 0. The van der Waals surface area contributed by atoms with Crippen molar-refractivity contribution in [1.29, 1.82) is 0 Å². The van der Waals surface area contributed by atoms with Crippen LogP contribution in [0, 0.1) is 11.3 Å². The first-order valence-corrected chi connectivity index (χ1v) is 11.7. The van der Waals surface area contributed by atoms with E-state index in [2.05, 4.69) is 0 Å². The van der Waals surface area contributed by atoms with Gasteiger partial charge < -0.3 is 54.8 Å². The fourth-order valence-electron chi connectivity index (χ4n) is 4.28. The molecule has 0 amide bonds. The third-order valence-electron chi connectivity index (χ3n) is 6.69. The summed E-state index contributed by atoms with van der Waals surface area (Å²) < 4.78 is 15.8. The fourth-order valence-corrected chi connectivity index (χ4v) is 4.28. The maximum absolute atomic E-state index is 12.0. The lowest BCUT2D eigenvalue weighted by molar-refractivity contribution is -0.288. The Morgan fingerprint density at radius 3 is 2.51 bits per heavy atom. The topological polar surface area (TPSA) is 203 Å². The first kappa shape index (κ1) is 28.6. The van der Waals surface area contributed by atoms with Gasteiger partial charge in [-0.1, -0.05) is 6.07 Å². The molecule has 7 N–H and O–H groups in total. The van der Waals surface area contributed by atoms with E-state index >= 15 is 0 Å². The first-order chi connectivity index (χ1) is 17.6. The van der Waals surface area contributed by atoms with Crippen molar-refractivity contribution in [2.45, 2.75) is 56.1 Å². The van der Waals surface area contributed by atoms with E-state index in [9.17, 15) is 45.3 Å². The number of aliphatic hydroxyl groups excluding tert-OH is 5. The summed E-state index contributed by atoms with van der Waals surface area (Å²) in [4.78, 5) is 23.9. The number of ether oxygens (including phenoxy) is 3. The lowest BCUT2D eigenvalue weighted by Gasteiger charge is -2.40. The summed E-state index contributed by atoms with van der Waals surface area (Å²) in [5, 5.41) is 68.4. The molecule has 0 spiro atoms. The molecule has 12 heteroatoms. The van der Waals surface area contributed by atoms with Gasteiger partial charge in [0.2, 0.25) is 6.29 Å². The molecule has 0 bridgehead atoms. The van der Waals surface area contributed by atoms with Gasteiger partial charge in [-0.05, 0) is 55.0 Å². The van der Waals surface area contributed by atoms with Gasteiger partial charge in [-0.25, -0.2) is 4.79 Å². The van der Waals surface area contributed by atoms with Crippen molar-refractivity contribution < 1.29 is 59.5 Å². The minimum absolute atomic E-state index is 0.0150. The van der Waals surface area contributed by atoms with Gasteiger partial charge in [-0.3, -0.25) is 0 Å². The Kier molecular flexibility index (Phi) is 9.65. The van der Waals surface area contributed by atoms with Gasteiger partial charge in [0.15, 0.2) is 11.5 Å². The molecule has 0 radical (unpaired) electrons. The highest BCUT2D eigenvalue weighted by molar-refractivity contribution is 5.87. The van der Waals surface area contributed by atoms with E-state index in [1.807, 2.05) is 0 Å². The zero-order chi connectivity index (χ0) is 27.2. The maximum atomic E-state index is 12.0. The predicted molar refractivity (Wildman–Crippen MR) is 126 cm³/mol. The highest BCUT2D eigenvalue weighted by atomic mass is 16.7. The zero-order valence-corrected chi connectivity index (χ0v) is 19.9. The first-order valence-electron chi connectivity index (χ1n) is 11.7. The van der Waals surface area contributed by atoms with Gasteiger partial charge in [-0.2, -0.15) is 0 Å². The molecule has 12 nitrogen and oxygen atoms in total. The molecular weight excluding hydrogens is 492 g/mol. The molecule has 3 rings (SSSR count). The van der Waals surface area contributed by atoms with E-state index in [1.165, 1.54) is 36.4 Å². The molecule has 1 aliphatic carbocycles. The highest BCUT2D eigenvalue weighted by Gasteiger charge is 2.45. The van der Waals surface area contributed by atoms with Crippen LogP contribution < -0.4 is 0 Å². The number of hydrogen-bond donors (Lipinski definition) is 7. The standard InChI is InChI=1S/C25H32O12/c26-11-18-21(32)22(33)23(34)24(37-18)35-8-7-25(13-27)6-5-15(10-19(25)30)12-36-20(31)4-2-14-1-3-16(28)17(29)9-14/h1-4,7-9,13,15,18-19,21-24,26,28-30,32-34H,5-6,10-12H2/t15-,18+,19-,21+,22-,23+,24+,25+/m0/s1. The van der Waals surface area contributed by atoms with Gasteiger partial charge in [-0.15, -0.1) is 0 Å². The smallest absolute Gasteiger partial charge is 0.330 e. The molecule has 1 saturated carbocycles. The molecule has 0 aromatic heterocycles. The van der Waals surface area contributed by atoms with Gasteiger partial charge >= 0.3 is 5.97 Å². The molecule has 1 aromatic carbocycles. The SMILES string of the molecule is O=C[C@]1(C=CO[C@@H]2O[C@H](CO)[C@@H](O)[C@H](O)[C@H]2O)CC[C@H](COC(=O)C=Cc2ccc(O)c(O)c2)C[C@@H]1O. The Hall–Kier alpha value is -3.00. The molecule has 37 heavy (non-hydrogen) atoms. The van der Waals surface area contributed by atoms with Crippen LogP contribution in [0.3, 0.4) is 0 Å². The van der Waals surface area contributed by atoms with Crippen LogP contribution in [0.15, 0.2) is 36.6 Å². The van der Waals surface area contributed by atoms with E-state index in [1.54, 1.807) is 0 Å². The van der Waals surface area contributed by atoms with Gasteiger partial charge in [0, 0.05) is 6.08 Å². The Morgan fingerprint density at radius 1 is 1.11 bits per heavy atom. The fraction of sp³-hybridized carbons (Fsp3) is 0.520. The monoisotopic (exact) mass is 524 g/mol. The van der Waals surface area contributed by atoms with Crippen molar-refractivity contribution in [3.8, 4) is 11.5 Å². The second kappa shape index (κ2) is 12.5. The van der Waals surface area contributed by atoms with Crippen LogP contribution in [0.5, 0.6) is 11.5 Å². The second-order valence-electron chi connectivity index (χ2n) is 9.23. The number of esters is 1. The van der Waals surface area contributed by atoms with E-state index in [0.29, 0.717) is 18.3 Å². The second-order valence-corrected chi connectivity index (χ2v) is 9.23. The van der Waals surface area contributed by atoms with Crippen LogP contribution in [-0.4, -0.2) is 98.0 Å². The van der Waals surface area contributed by atoms with Crippen LogP contribution in [-0.2, 0) is 23.8 Å². The molecule has 1 aliphatic heterocycles. The molecular formula is C25H32O12. The summed E-state index contributed by atoms with van der Waals surface area (Å²) >= 11 is 0. The average Bonchev–Trinajstić information content (AvgIpc) is 2.89. The molecule has 0 unspecified atom stereocenters. The molecule has 204 valence electrons. The summed E-state index contributed by atoms with van der Waals surface area (Å²) in [6.07, 6.45) is -2.06. The summed E-state index contributed by atoms with van der Waals surface area (Å²) in [5.74, 6) is -1.45. The Balaban J connectivity index is 1.50. The minimum Gasteiger partial charge on any atom is -0.504 e. The van der Waals surface area contributed by atoms with E-state index in [4.69, 9.17) is 14.2 Å². The highest BCUT2D eigenvalue weighted by Crippen LogP contribution is 2.39. The van der Waals surface area contributed by atoms with E-state index in [-0.39, 0.29) is 36.9 Å². The van der Waals surface area contributed by atoms with Gasteiger partial charge in [0.05, 0.1) is 31.0 Å². The number of aliphatic hydroxyl groups is 5. The number of rotatable bonds is 9. The quantitative estimate of drug-likeness (QED) is 0.0707. The van der Waals surface area contributed by atoms with Crippen LogP contribution in [0.2, 0.25) is 0 Å². The van der Waals surface area contributed by atoms with Crippen LogP contribution in [0.4, 0.5) is 0 Å². The number of phenolic OH excluding ortho intramolecular Hbond substituents is 2. The molecule has 8 atom stereocenters. The summed E-state index contributed by atoms with van der Waals surface area (Å²) in [6, 6.07) is 4.07. The van der Waals surface area contributed by atoms with Crippen LogP contribution in [0.1, 0.15) is 24.8 Å². The maximum Gasteiger partial charge on any atom is 0.330 e. The molecule has 1 heterocycles. The Bertz CT molecular complexity index is 992. The summed E-state index contributed by atoms with van der Waals surface area (Å²) in [6.45, 7) is -0.602. The van der Waals surface area contributed by atoms with Crippen LogP contribution in [0.25, 0.3) is 6.08 Å². The zero-order valence-electron chi connectivity index (χ0n) is 19.9. The molecule has 1 aromatic rings. The molecule has 1 saturated heterocycles. The number of aromatic hydroxyl groups is 2. The van der Waals surface area contributed by atoms with Gasteiger partial charge in [0.1, 0.15) is 30.7 Å². The predicted octanol–water partition coefficient (Wildman–Crippen LogP) is -0.669. The number of carbonyl (C=O) groups excluding carboxylic acids is 2. The van der Waals surface area contributed by atoms with E-state index in [0.717, 1.165) is 6.26 Å². The third kappa shape index (κ3) is 6.86.